The van der Waals surface area contributed by atoms with Gasteiger partial charge < -0.3 is 15.4 Å². The van der Waals surface area contributed by atoms with Crippen molar-refractivity contribution >= 4 is 0 Å². The maximum Gasteiger partial charge on any atom is 0.111 e. The summed E-state index contributed by atoms with van der Waals surface area (Å²) in [6.07, 6.45) is 4.20. The van der Waals surface area contributed by atoms with Gasteiger partial charge in [0.05, 0.1) is 5.60 Å². The predicted molar refractivity (Wildman–Crippen MR) is 60.4 cm³/mol. The SMILES string of the molecule is CCn1ccnc1CC(O)(CN)C(C)C. The molecule has 0 fully saturated rings. The molecule has 1 heterocycles. The van der Waals surface area contributed by atoms with Crippen LogP contribution in [0.25, 0.3) is 0 Å². The van der Waals surface area contributed by atoms with Gasteiger partial charge in [0.25, 0.3) is 0 Å². The first-order valence-corrected chi connectivity index (χ1v) is 5.46. The highest BCUT2D eigenvalue weighted by Gasteiger charge is 2.31. The predicted octanol–water partition coefficient (Wildman–Crippen LogP) is 0.791. The maximum atomic E-state index is 10.3. The molecule has 0 spiro atoms. The summed E-state index contributed by atoms with van der Waals surface area (Å²) in [5.74, 6) is 1.03. The van der Waals surface area contributed by atoms with Crippen LogP contribution in [0.15, 0.2) is 12.4 Å². The number of imidazole rings is 1. The van der Waals surface area contributed by atoms with E-state index in [0.717, 1.165) is 12.4 Å². The Labute approximate surface area is 91.1 Å². The third-order valence-electron chi connectivity index (χ3n) is 3.03. The molecule has 86 valence electrons. The normalized spacial score (nSPS) is 15.6. The molecule has 1 unspecified atom stereocenters. The van der Waals surface area contributed by atoms with Crippen LogP contribution in [-0.2, 0) is 13.0 Å². The highest BCUT2D eigenvalue weighted by Crippen LogP contribution is 2.20. The van der Waals surface area contributed by atoms with Crippen LogP contribution in [-0.4, -0.2) is 26.8 Å². The lowest BCUT2D eigenvalue weighted by atomic mass is 9.87. The molecule has 0 aromatic carbocycles. The molecule has 1 rings (SSSR count). The van der Waals surface area contributed by atoms with Crippen molar-refractivity contribution in [1.29, 1.82) is 0 Å². The molecule has 1 aromatic rings. The summed E-state index contributed by atoms with van der Waals surface area (Å²) in [6, 6.07) is 0. The molecule has 0 saturated heterocycles. The van der Waals surface area contributed by atoms with E-state index in [1.54, 1.807) is 6.20 Å². The van der Waals surface area contributed by atoms with Crippen molar-refractivity contribution in [1.82, 2.24) is 9.55 Å². The number of aliphatic hydroxyl groups is 1. The number of aryl methyl sites for hydroxylation is 1. The van der Waals surface area contributed by atoms with Crippen molar-refractivity contribution in [2.45, 2.75) is 39.3 Å². The van der Waals surface area contributed by atoms with Crippen molar-refractivity contribution in [3.8, 4) is 0 Å². The Kier molecular flexibility index (Phi) is 3.88. The first kappa shape index (κ1) is 12.2. The lowest BCUT2D eigenvalue weighted by Crippen LogP contribution is -2.45. The molecule has 0 bridgehead atoms. The molecule has 1 atom stereocenters. The van der Waals surface area contributed by atoms with E-state index >= 15 is 0 Å². The summed E-state index contributed by atoms with van der Waals surface area (Å²) >= 11 is 0. The summed E-state index contributed by atoms with van der Waals surface area (Å²) in [4.78, 5) is 4.25. The van der Waals surface area contributed by atoms with Crippen LogP contribution in [0.2, 0.25) is 0 Å². The van der Waals surface area contributed by atoms with E-state index in [9.17, 15) is 5.11 Å². The minimum Gasteiger partial charge on any atom is -0.388 e. The van der Waals surface area contributed by atoms with Crippen molar-refractivity contribution in [2.75, 3.05) is 6.54 Å². The molecule has 0 amide bonds. The molecular weight excluding hydrogens is 190 g/mol. The van der Waals surface area contributed by atoms with Gasteiger partial charge in [0, 0.05) is 31.9 Å². The fourth-order valence-corrected chi connectivity index (χ4v) is 1.58. The Balaban J connectivity index is 2.83. The van der Waals surface area contributed by atoms with E-state index in [4.69, 9.17) is 5.73 Å². The van der Waals surface area contributed by atoms with Gasteiger partial charge >= 0.3 is 0 Å². The third kappa shape index (κ3) is 2.58. The van der Waals surface area contributed by atoms with Crippen LogP contribution >= 0.6 is 0 Å². The number of rotatable bonds is 5. The topological polar surface area (TPSA) is 64.1 Å². The molecule has 0 aliphatic rings. The molecule has 0 aliphatic heterocycles. The van der Waals surface area contributed by atoms with Crippen LogP contribution in [0.5, 0.6) is 0 Å². The Morgan fingerprint density at radius 1 is 1.60 bits per heavy atom. The van der Waals surface area contributed by atoms with Crippen molar-refractivity contribution in [2.24, 2.45) is 11.7 Å². The highest BCUT2D eigenvalue weighted by atomic mass is 16.3. The van der Waals surface area contributed by atoms with Crippen LogP contribution in [0.1, 0.15) is 26.6 Å². The van der Waals surface area contributed by atoms with Crippen molar-refractivity contribution in [3.63, 3.8) is 0 Å². The van der Waals surface area contributed by atoms with Crippen molar-refractivity contribution in [3.05, 3.63) is 18.2 Å². The quantitative estimate of drug-likeness (QED) is 0.757. The van der Waals surface area contributed by atoms with E-state index in [2.05, 4.69) is 11.9 Å². The van der Waals surface area contributed by atoms with Crippen molar-refractivity contribution < 1.29 is 5.11 Å². The Hall–Kier alpha value is -0.870. The van der Waals surface area contributed by atoms with Crippen LogP contribution in [0, 0.1) is 5.92 Å². The number of nitrogens with two attached hydrogens (primary N) is 1. The lowest BCUT2D eigenvalue weighted by molar-refractivity contribution is 0.00166. The molecule has 4 nitrogen and oxygen atoms in total. The molecule has 4 heteroatoms. The minimum atomic E-state index is -0.849. The van der Waals surface area contributed by atoms with Gasteiger partial charge in [-0.25, -0.2) is 4.98 Å². The van der Waals surface area contributed by atoms with Gasteiger partial charge in [0.15, 0.2) is 0 Å². The van der Waals surface area contributed by atoms with E-state index in [-0.39, 0.29) is 12.5 Å². The zero-order valence-electron chi connectivity index (χ0n) is 9.77. The van der Waals surface area contributed by atoms with E-state index < -0.39 is 5.60 Å². The minimum absolute atomic E-state index is 0.129. The van der Waals surface area contributed by atoms with Gasteiger partial charge in [-0.15, -0.1) is 0 Å². The molecule has 0 saturated carbocycles. The summed E-state index contributed by atoms with van der Waals surface area (Å²) in [5, 5.41) is 10.3. The standard InChI is InChI=1S/C11H21N3O/c1-4-14-6-5-13-10(14)7-11(15,8-12)9(2)3/h5-6,9,15H,4,7-8,12H2,1-3H3. The van der Waals surface area contributed by atoms with Crippen LogP contribution in [0.4, 0.5) is 0 Å². The fourth-order valence-electron chi connectivity index (χ4n) is 1.58. The number of hydrogen-bond acceptors (Lipinski definition) is 3. The average Bonchev–Trinajstić information content (AvgIpc) is 2.64. The smallest absolute Gasteiger partial charge is 0.111 e. The molecule has 1 aromatic heterocycles. The molecule has 15 heavy (non-hydrogen) atoms. The van der Waals surface area contributed by atoms with E-state index in [1.165, 1.54) is 0 Å². The first-order valence-electron chi connectivity index (χ1n) is 5.46. The van der Waals surface area contributed by atoms with Crippen LogP contribution in [0.3, 0.4) is 0 Å². The number of nitrogens with zero attached hydrogens (tertiary/aromatic N) is 2. The van der Waals surface area contributed by atoms with Gasteiger partial charge in [0.1, 0.15) is 5.82 Å². The maximum absolute atomic E-state index is 10.3. The number of hydrogen-bond donors (Lipinski definition) is 2. The summed E-state index contributed by atoms with van der Waals surface area (Å²) in [6.45, 7) is 7.15. The van der Waals surface area contributed by atoms with Gasteiger partial charge in [-0.1, -0.05) is 13.8 Å². The van der Waals surface area contributed by atoms with Gasteiger partial charge in [-0.05, 0) is 12.8 Å². The zero-order chi connectivity index (χ0) is 11.5. The van der Waals surface area contributed by atoms with Gasteiger partial charge in [-0.2, -0.15) is 0 Å². The Bertz CT molecular complexity index is 309. The largest absolute Gasteiger partial charge is 0.388 e. The second-order valence-corrected chi connectivity index (χ2v) is 4.27. The first-order chi connectivity index (χ1) is 7.03. The zero-order valence-corrected chi connectivity index (χ0v) is 9.77. The Morgan fingerprint density at radius 2 is 2.27 bits per heavy atom. The summed E-state index contributed by atoms with van der Waals surface area (Å²) in [7, 11) is 0. The monoisotopic (exact) mass is 211 g/mol. The molecular formula is C11H21N3O. The second kappa shape index (κ2) is 4.77. The van der Waals surface area contributed by atoms with Gasteiger partial charge in [0.2, 0.25) is 0 Å². The lowest BCUT2D eigenvalue weighted by Gasteiger charge is -2.30. The third-order valence-corrected chi connectivity index (χ3v) is 3.03. The molecule has 3 N–H and O–H groups in total. The fraction of sp³-hybridized carbons (Fsp3) is 0.727. The number of aromatic nitrogens is 2. The molecule has 0 aliphatic carbocycles. The highest BCUT2D eigenvalue weighted by molar-refractivity contribution is 5.00. The van der Waals surface area contributed by atoms with Gasteiger partial charge in [-0.3, -0.25) is 0 Å². The molecule has 0 radical (unpaired) electrons. The summed E-state index contributed by atoms with van der Waals surface area (Å²) in [5.41, 5.74) is 4.78. The summed E-state index contributed by atoms with van der Waals surface area (Å²) < 4.78 is 2.03. The second-order valence-electron chi connectivity index (χ2n) is 4.27. The average molecular weight is 211 g/mol. The van der Waals surface area contributed by atoms with E-state index in [1.807, 2.05) is 24.6 Å². The van der Waals surface area contributed by atoms with Crippen LogP contribution < -0.4 is 5.73 Å². The Morgan fingerprint density at radius 3 is 2.73 bits per heavy atom. The van der Waals surface area contributed by atoms with E-state index in [0.29, 0.717) is 6.42 Å².